The van der Waals surface area contributed by atoms with Crippen molar-refractivity contribution in [1.29, 1.82) is 5.26 Å². The average Bonchev–Trinajstić information content (AvgIpc) is 2.64. The molecule has 124 valence electrons. The molecule has 0 saturated carbocycles. The van der Waals surface area contributed by atoms with Crippen molar-refractivity contribution in [2.75, 3.05) is 25.1 Å². The highest BCUT2D eigenvalue weighted by molar-refractivity contribution is 5.59. The van der Waals surface area contributed by atoms with Gasteiger partial charge in [-0.25, -0.2) is 4.39 Å². The van der Waals surface area contributed by atoms with E-state index in [1.165, 1.54) is 12.1 Å². The van der Waals surface area contributed by atoms with E-state index in [1.54, 1.807) is 19.2 Å². The van der Waals surface area contributed by atoms with Crippen LogP contribution in [-0.2, 0) is 4.74 Å². The SMILES string of the molecule is COC(c1ccc(F)cc1)C1CCN(c2ccccc2C#N)CC1. The van der Waals surface area contributed by atoms with Crippen LogP contribution in [0.4, 0.5) is 10.1 Å². The van der Waals surface area contributed by atoms with Crippen LogP contribution in [0.15, 0.2) is 48.5 Å². The fourth-order valence-electron chi connectivity index (χ4n) is 3.54. The summed E-state index contributed by atoms with van der Waals surface area (Å²) >= 11 is 0. The molecule has 1 fully saturated rings. The van der Waals surface area contributed by atoms with Gasteiger partial charge in [-0.3, -0.25) is 0 Å². The quantitative estimate of drug-likeness (QED) is 0.841. The number of methoxy groups -OCH3 is 1. The Kier molecular flexibility index (Phi) is 5.12. The summed E-state index contributed by atoms with van der Waals surface area (Å²) in [5.74, 6) is 0.169. The topological polar surface area (TPSA) is 36.3 Å². The van der Waals surface area contributed by atoms with Gasteiger partial charge in [-0.1, -0.05) is 24.3 Å². The smallest absolute Gasteiger partial charge is 0.123 e. The van der Waals surface area contributed by atoms with Crippen LogP contribution in [0.2, 0.25) is 0 Å². The van der Waals surface area contributed by atoms with Gasteiger partial charge in [0, 0.05) is 20.2 Å². The molecule has 1 heterocycles. The molecule has 0 aliphatic carbocycles. The predicted molar refractivity (Wildman–Crippen MR) is 92.2 cm³/mol. The third kappa shape index (κ3) is 3.42. The van der Waals surface area contributed by atoms with Crippen LogP contribution in [0, 0.1) is 23.1 Å². The number of nitriles is 1. The van der Waals surface area contributed by atoms with Gasteiger partial charge in [-0.2, -0.15) is 5.26 Å². The molecule has 1 aliphatic rings. The first kappa shape index (κ1) is 16.5. The molecule has 24 heavy (non-hydrogen) atoms. The zero-order chi connectivity index (χ0) is 16.9. The van der Waals surface area contributed by atoms with Crippen molar-refractivity contribution in [2.24, 2.45) is 5.92 Å². The van der Waals surface area contributed by atoms with Crippen LogP contribution in [0.3, 0.4) is 0 Å². The number of benzene rings is 2. The van der Waals surface area contributed by atoms with Crippen molar-refractivity contribution < 1.29 is 9.13 Å². The first-order valence-corrected chi connectivity index (χ1v) is 8.25. The van der Waals surface area contributed by atoms with E-state index < -0.39 is 0 Å². The Labute approximate surface area is 142 Å². The van der Waals surface area contributed by atoms with E-state index in [4.69, 9.17) is 4.74 Å². The highest BCUT2D eigenvalue weighted by atomic mass is 19.1. The molecule has 4 heteroatoms. The molecule has 3 nitrogen and oxygen atoms in total. The summed E-state index contributed by atoms with van der Waals surface area (Å²) in [6.45, 7) is 1.79. The molecule has 0 aromatic heterocycles. The molecular weight excluding hydrogens is 303 g/mol. The van der Waals surface area contributed by atoms with Gasteiger partial charge in [0.05, 0.1) is 17.4 Å². The van der Waals surface area contributed by atoms with E-state index in [0.717, 1.165) is 42.7 Å². The van der Waals surface area contributed by atoms with Crippen LogP contribution in [0.25, 0.3) is 0 Å². The molecule has 2 aromatic carbocycles. The normalized spacial score (nSPS) is 16.6. The van der Waals surface area contributed by atoms with Crippen molar-refractivity contribution in [1.82, 2.24) is 0 Å². The summed E-state index contributed by atoms with van der Waals surface area (Å²) < 4.78 is 18.8. The van der Waals surface area contributed by atoms with E-state index in [9.17, 15) is 9.65 Å². The van der Waals surface area contributed by atoms with Gasteiger partial charge in [0.1, 0.15) is 11.9 Å². The number of anilines is 1. The van der Waals surface area contributed by atoms with Crippen molar-refractivity contribution >= 4 is 5.69 Å². The molecule has 1 aliphatic heterocycles. The first-order chi connectivity index (χ1) is 11.7. The summed E-state index contributed by atoms with van der Waals surface area (Å²) in [5.41, 5.74) is 2.75. The molecule has 3 rings (SSSR count). The van der Waals surface area contributed by atoms with Crippen molar-refractivity contribution in [2.45, 2.75) is 18.9 Å². The number of ether oxygens (including phenoxy) is 1. The summed E-state index contributed by atoms with van der Waals surface area (Å²) in [6, 6.07) is 16.6. The Morgan fingerprint density at radius 1 is 1.12 bits per heavy atom. The van der Waals surface area contributed by atoms with Gasteiger partial charge in [-0.05, 0) is 48.6 Å². The Morgan fingerprint density at radius 3 is 2.42 bits per heavy atom. The minimum Gasteiger partial charge on any atom is -0.376 e. The highest BCUT2D eigenvalue weighted by Crippen LogP contribution is 2.35. The van der Waals surface area contributed by atoms with Crippen molar-refractivity contribution in [3.8, 4) is 6.07 Å². The lowest BCUT2D eigenvalue weighted by atomic mass is 9.87. The lowest BCUT2D eigenvalue weighted by Gasteiger charge is -2.37. The van der Waals surface area contributed by atoms with Gasteiger partial charge >= 0.3 is 0 Å². The highest BCUT2D eigenvalue weighted by Gasteiger charge is 2.28. The van der Waals surface area contributed by atoms with Gasteiger partial charge in [0.2, 0.25) is 0 Å². The fourth-order valence-corrected chi connectivity index (χ4v) is 3.54. The van der Waals surface area contributed by atoms with Crippen LogP contribution >= 0.6 is 0 Å². The monoisotopic (exact) mass is 324 g/mol. The summed E-state index contributed by atoms with van der Waals surface area (Å²) in [6.07, 6.45) is 1.95. The van der Waals surface area contributed by atoms with E-state index in [1.807, 2.05) is 24.3 Å². The molecule has 0 radical (unpaired) electrons. The number of hydrogen-bond acceptors (Lipinski definition) is 3. The molecule has 1 atom stereocenters. The minimum atomic E-state index is -0.225. The van der Waals surface area contributed by atoms with E-state index in [0.29, 0.717) is 5.92 Å². The lowest BCUT2D eigenvalue weighted by Crippen LogP contribution is -2.36. The Hall–Kier alpha value is -2.38. The van der Waals surface area contributed by atoms with E-state index in [-0.39, 0.29) is 11.9 Å². The number of halogens is 1. The maximum atomic E-state index is 13.1. The second-order valence-electron chi connectivity index (χ2n) is 6.16. The van der Waals surface area contributed by atoms with Gasteiger partial charge < -0.3 is 9.64 Å². The number of rotatable bonds is 4. The first-order valence-electron chi connectivity index (χ1n) is 8.25. The van der Waals surface area contributed by atoms with Gasteiger partial charge in [0.15, 0.2) is 0 Å². The predicted octanol–water partition coefficient (Wildman–Crippen LogP) is 4.30. The summed E-state index contributed by atoms with van der Waals surface area (Å²) in [4.78, 5) is 2.27. The molecule has 0 amide bonds. The Balaban J connectivity index is 1.70. The van der Waals surface area contributed by atoms with Crippen LogP contribution < -0.4 is 4.90 Å². The summed E-state index contributed by atoms with van der Waals surface area (Å²) in [5, 5.41) is 9.27. The minimum absolute atomic E-state index is 0.0149. The molecule has 1 unspecified atom stereocenters. The van der Waals surface area contributed by atoms with E-state index >= 15 is 0 Å². The third-order valence-corrected chi connectivity index (χ3v) is 4.79. The number of nitrogens with zero attached hydrogens (tertiary/aromatic N) is 2. The summed E-state index contributed by atoms with van der Waals surface area (Å²) in [7, 11) is 1.71. The second kappa shape index (κ2) is 7.46. The Bertz CT molecular complexity index is 715. The Morgan fingerprint density at radius 2 is 1.79 bits per heavy atom. The van der Waals surface area contributed by atoms with Crippen LogP contribution in [0.1, 0.15) is 30.1 Å². The lowest BCUT2D eigenvalue weighted by molar-refractivity contribution is 0.0409. The zero-order valence-corrected chi connectivity index (χ0v) is 13.8. The molecule has 0 bridgehead atoms. The maximum Gasteiger partial charge on any atom is 0.123 e. The zero-order valence-electron chi connectivity index (χ0n) is 13.8. The molecule has 0 spiro atoms. The fraction of sp³-hybridized carbons (Fsp3) is 0.350. The number of para-hydroxylation sites is 1. The second-order valence-corrected chi connectivity index (χ2v) is 6.16. The molecule has 0 N–H and O–H groups in total. The van der Waals surface area contributed by atoms with Crippen LogP contribution in [-0.4, -0.2) is 20.2 Å². The van der Waals surface area contributed by atoms with Crippen molar-refractivity contribution in [3.63, 3.8) is 0 Å². The van der Waals surface area contributed by atoms with Gasteiger partial charge in [0.25, 0.3) is 0 Å². The van der Waals surface area contributed by atoms with Gasteiger partial charge in [-0.15, -0.1) is 0 Å². The average molecular weight is 324 g/mol. The van der Waals surface area contributed by atoms with Crippen LogP contribution in [0.5, 0.6) is 0 Å². The maximum absolute atomic E-state index is 13.1. The number of piperidine rings is 1. The van der Waals surface area contributed by atoms with Crippen molar-refractivity contribution in [3.05, 3.63) is 65.5 Å². The standard InChI is InChI=1S/C20H21FN2O/c1-24-20(15-6-8-18(21)9-7-15)16-10-12-23(13-11-16)19-5-3-2-4-17(19)14-22/h2-9,16,20H,10-13H2,1H3. The number of hydrogen-bond donors (Lipinski definition) is 0. The van der Waals surface area contributed by atoms with E-state index in [2.05, 4.69) is 11.0 Å². The molecule has 2 aromatic rings. The molecule has 1 saturated heterocycles. The third-order valence-electron chi connectivity index (χ3n) is 4.79. The molecular formula is C20H21FN2O. The largest absolute Gasteiger partial charge is 0.376 e.